The van der Waals surface area contributed by atoms with Crippen LogP contribution >= 0.6 is 11.3 Å². The van der Waals surface area contributed by atoms with E-state index >= 15 is 0 Å². The van der Waals surface area contributed by atoms with Crippen molar-refractivity contribution in [3.05, 3.63) is 65.3 Å². The number of rotatable bonds is 6. The first-order valence-electron chi connectivity index (χ1n) is 7.45. The molecule has 128 valence electrons. The molecule has 0 spiro atoms. The van der Waals surface area contributed by atoms with Crippen molar-refractivity contribution in [3.63, 3.8) is 0 Å². The van der Waals surface area contributed by atoms with E-state index < -0.39 is 5.82 Å². The summed E-state index contributed by atoms with van der Waals surface area (Å²) in [7, 11) is 0. The number of aryl methyl sites for hydroxylation is 1. The summed E-state index contributed by atoms with van der Waals surface area (Å²) in [5.74, 6) is -0.824. The number of thiazole rings is 1. The van der Waals surface area contributed by atoms with Crippen molar-refractivity contribution < 1.29 is 18.4 Å². The molecule has 6 nitrogen and oxygen atoms in total. The van der Waals surface area contributed by atoms with E-state index in [-0.39, 0.29) is 24.0 Å². The van der Waals surface area contributed by atoms with Gasteiger partial charge in [0, 0.05) is 17.5 Å². The summed E-state index contributed by atoms with van der Waals surface area (Å²) < 4.78 is 18.1. The number of carbonyl (C=O) groups is 2. The van der Waals surface area contributed by atoms with Crippen LogP contribution in [0.5, 0.6) is 0 Å². The zero-order chi connectivity index (χ0) is 17.6. The van der Waals surface area contributed by atoms with Crippen molar-refractivity contribution in [3.8, 4) is 0 Å². The van der Waals surface area contributed by atoms with Gasteiger partial charge in [0.05, 0.1) is 12.0 Å². The van der Waals surface area contributed by atoms with Gasteiger partial charge in [0.15, 0.2) is 10.9 Å². The molecule has 0 atom stereocenters. The van der Waals surface area contributed by atoms with E-state index in [1.807, 2.05) is 0 Å². The van der Waals surface area contributed by atoms with Crippen LogP contribution in [-0.4, -0.2) is 16.8 Å². The highest BCUT2D eigenvalue weighted by Crippen LogP contribution is 2.18. The number of aromatic nitrogens is 1. The van der Waals surface area contributed by atoms with Crippen LogP contribution < -0.4 is 10.6 Å². The van der Waals surface area contributed by atoms with Crippen LogP contribution in [0.4, 0.5) is 15.2 Å². The molecule has 2 heterocycles. The van der Waals surface area contributed by atoms with Crippen LogP contribution in [0.1, 0.15) is 22.7 Å². The molecule has 0 saturated heterocycles. The maximum absolute atomic E-state index is 13.1. The van der Waals surface area contributed by atoms with Gasteiger partial charge in [-0.25, -0.2) is 9.37 Å². The molecule has 1 aromatic carbocycles. The fourth-order valence-corrected chi connectivity index (χ4v) is 2.82. The average Bonchev–Trinajstić information content (AvgIpc) is 3.25. The van der Waals surface area contributed by atoms with Gasteiger partial charge in [-0.1, -0.05) is 6.07 Å². The van der Waals surface area contributed by atoms with Crippen molar-refractivity contribution in [1.29, 1.82) is 0 Å². The Hall–Kier alpha value is -3.00. The number of benzene rings is 1. The summed E-state index contributed by atoms with van der Waals surface area (Å²) in [4.78, 5) is 28.0. The molecule has 0 saturated carbocycles. The van der Waals surface area contributed by atoms with Crippen molar-refractivity contribution in [2.75, 3.05) is 10.6 Å². The molecule has 0 radical (unpaired) electrons. The quantitative estimate of drug-likeness (QED) is 0.703. The second-order valence-electron chi connectivity index (χ2n) is 5.13. The first-order valence-corrected chi connectivity index (χ1v) is 8.33. The third-order valence-corrected chi connectivity index (χ3v) is 4.04. The minimum absolute atomic E-state index is 0.200. The lowest BCUT2D eigenvalue weighted by Gasteiger charge is -2.04. The topological polar surface area (TPSA) is 84.2 Å². The minimum Gasteiger partial charge on any atom is -0.459 e. The first-order chi connectivity index (χ1) is 12.1. The molecular formula is C17H14FN3O3S. The second kappa shape index (κ2) is 7.71. The summed E-state index contributed by atoms with van der Waals surface area (Å²) in [5.41, 5.74) is 1.10. The predicted octanol–water partition coefficient (Wildman–Crippen LogP) is 3.70. The largest absolute Gasteiger partial charge is 0.459 e. The molecule has 2 N–H and O–H groups in total. The average molecular weight is 359 g/mol. The Morgan fingerprint density at radius 3 is 2.84 bits per heavy atom. The zero-order valence-electron chi connectivity index (χ0n) is 13.0. The van der Waals surface area contributed by atoms with Crippen molar-refractivity contribution >= 4 is 34.0 Å². The molecule has 25 heavy (non-hydrogen) atoms. The summed E-state index contributed by atoms with van der Waals surface area (Å²) >= 11 is 1.27. The van der Waals surface area contributed by atoms with E-state index in [1.165, 1.54) is 35.8 Å². The highest BCUT2D eigenvalue weighted by atomic mass is 32.1. The Morgan fingerprint density at radius 2 is 2.08 bits per heavy atom. The number of halogens is 1. The van der Waals surface area contributed by atoms with Gasteiger partial charge in [0.2, 0.25) is 5.91 Å². The highest BCUT2D eigenvalue weighted by Gasteiger charge is 2.12. The van der Waals surface area contributed by atoms with E-state index in [0.29, 0.717) is 22.9 Å². The number of hydrogen-bond acceptors (Lipinski definition) is 5. The molecule has 2 aromatic heterocycles. The highest BCUT2D eigenvalue weighted by molar-refractivity contribution is 7.13. The van der Waals surface area contributed by atoms with Gasteiger partial charge in [-0.3, -0.25) is 14.9 Å². The minimum atomic E-state index is -0.408. The van der Waals surface area contributed by atoms with Gasteiger partial charge in [-0.15, -0.1) is 11.3 Å². The van der Waals surface area contributed by atoms with Crippen molar-refractivity contribution in [2.45, 2.75) is 12.8 Å². The van der Waals surface area contributed by atoms with E-state index in [4.69, 9.17) is 4.42 Å². The monoisotopic (exact) mass is 359 g/mol. The Balaban J connectivity index is 1.50. The summed E-state index contributed by atoms with van der Waals surface area (Å²) in [6, 6.07) is 8.89. The van der Waals surface area contributed by atoms with Crippen LogP contribution in [0.3, 0.4) is 0 Å². The standard InChI is InChI=1S/C17H14FN3O3S/c18-11-3-1-4-12(9-11)19-15(22)7-6-13-10-25-17(20-13)21-16(23)14-5-2-8-24-14/h1-5,8-10H,6-7H2,(H,19,22)(H,20,21,23). The maximum Gasteiger partial charge on any atom is 0.293 e. The summed E-state index contributed by atoms with van der Waals surface area (Å²) in [6.45, 7) is 0. The first kappa shape index (κ1) is 16.8. The van der Waals surface area contributed by atoms with Crippen LogP contribution in [0.25, 0.3) is 0 Å². The van der Waals surface area contributed by atoms with E-state index in [9.17, 15) is 14.0 Å². The van der Waals surface area contributed by atoms with Crippen LogP contribution in [0.15, 0.2) is 52.5 Å². The number of nitrogens with zero attached hydrogens (tertiary/aromatic N) is 1. The fraction of sp³-hybridized carbons (Fsp3) is 0.118. The van der Waals surface area contributed by atoms with Crippen LogP contribution in [0.2, 0.25) is 0 Å². The normalized spacial score (nSPS) is 10.4. The lowest BCUT2D eigenvalue weighted by atomic mass is 10.2. The van der Waals surface area contributed by atoms with E-state index in [0.717, 1.165) is 0 Å². The molecule has 3 aromatic rings. The summed E-state index contributed by atoms with van der Waals surface area (Å²) in [6.07, 6.45) is 2.03. The lowest BCUT2D eigenvalue weighted by Crippen LogP contribution is -2.13. The molecule has 8 heteroatoms. The Morgan fingerprint density at radius 1 is 1.20 bits per heavy atom. The molecule has 0 aliphatic heterocycles. The molecule has 0 aliphatic rings. The van der Waals surface area contributed by atoms with Gasteiger partial charge in [-0.05, 0) is 36.8 Å². The lowest BCUT2D eigenvalue weighted by molar-refractivity contribution is -0.116. The molecular weight excluding hydrogens is 345 g/mol. The predicted molar refractivity (Wildman–Crippen MR) is 92.1 cm³/mol. The number of carbonyl (C=O) groups excluding carboxylic acids is 2. The molecule has 2 amide bonds. The van der Waals surface area contributed by atoms with Crippen LogP contribution in [-0.2, 0) is 11.2 Å². The zero-order valence-corrected chi connectivity index (χ0v) is 13.8. The third kappa shape index (κ3) is 4.74. The van der Waals surface area contributed by atoms with Gasteiger partial charge in [0.25, 0.3) is 5.91 Å². The summed E-state index contributed by atoms with van der Waals surface area (Å²) in [5, 5.41) is 7.46. The number of hydrogen-bond donors (Lipinski definition) is 2. The van der Waals surface area contributed by atoms with Crippen LogP contribution in [0, 0.1) is 5.82 Å². The third-order valence-electron chi connectivity index (χ3n) is 3.23. The fourth-order valence-electron chi connectivity index (χ4n) is 2.08. The van der Waals surface area contributed by atoms with Crippen molar-refractivity contribution in [2.24, 2.45) is 0 Å². The molecule has 0 unspecified atom stereocenters. The number of furan rings is 1. The molecule has 0 fully saturated rings. The van der Waals surface area contributed by atoms with E-state index in [2.05, 4.69) is 15.6 Å². The Labute approximate surface area is 146 Å². The Bertz CT molecular complexity index is 877. The van der Waals surface area contributed by atoms with Gasteiger partial charge < -0.3 is 9.73 Å². The van der Waals surface area contributed by atoms with Gasteiger partial charge in [-0.2, -0.15) is 0 Å². The molecule has 0 bridgehead atoms. The number of nitrogens with one attached hydrogen (secondary N) is 2. The SMILES string of the molecule is O=C(CCc1csc(NC(=O)c2ccco2)n1)Nc1cccc(F)c1. The Kier molecular flexibility index (Phi) is 5.20. The van der Waals surface area contributed by atoms with Gasteiger partial charge >= 0.3 is 0 Å². The number of anilines is 2. The number of amides is 2. The van der Waals surface area contributed by atoms with Crippen molar-refractivity contribution in [1.82, 2.24) is 4.98 Å². The molecule has 0 aliphatic carbocycles. The second-order valence-corrected chi connectivity index (χ2v) is 5.99. The molecule has 3 rings (SSSR count). The smallest absolute Gasteiger partial charge is 0.293 e. The van der Waals surface area contributed by atoms with E-state index in [1.54, 1.807) is 23.6 Å². The van der Waals surface area contributed by atoms with Gasteiger partial charge in [0.1, 0.15) is 5.82 Å². The maximum atomic E-state index is 13.1.